The average Bonchev–Trinajstić information content (AvgIpc) is 2.47. The fourth-order valence-corrected chi connectivity index (χ4v) is 2.76. The van der Waals surface area contributed by atoms with Crippen molar-refractivity contribution in [1.29, 1.82) is 0 Å². The highest BCUT2D eigenvalue weighted by atomic mass is 19.1. The van der Waals surface area contributed by atoms with Gasteiger partial charge in [0.15, 0.2) is 0 Å². The molecule has 0 atom stereocenters. The number of allylic oxidation sites excluding steroid dienone is 1. The van der Waals surface area contributed by atoms with Crippen molar-refractivity contribution in [3.8, 4) is 0 Å². The van der Waals surface area contributed by atoms with Crippen LogP contribution < -0.4 is 4.90 Å². The second kappa shape index (κ2) is 5.21. The standard InChI is InChI=1S/C19H18FN/c1-13(2)18-12-15-8-7-11-17(20)19(15)14(3)21(18)16-9-5-4-6-10-16/h4-13H,3H2,1-2H3. The molecule has 1 nitrogen and oxygen atoms in total. The highest BCUT2D eigenvalue weighted by Crippen LogP contribution is 2.39. The summed E-state index contributed by atoms with van der Waals surface area (Å²) < 4.78 is 14.2. The van der Waals surface area contributed by atoms with E-state index in [9.17, 15) is 4.39 Å². The van der Waals surface area contributed by atoms with Gasteiger partial charge in [0.2, 0.25) is 0 Å². The monoisotopic (exact) mass is 279 g/mol. The minimum absolute atomic E-state index is 0.225. The van der Waals surface area contributed by atoms with Crippen LogP contribution in [0.1, 0.15) is 25.0 Å². The lowest BCUT2D eigenvalue weighted by Gasteiger charge is -2.35. The Balaban J connectivity index is 2.22. The van der Waals surface area contributed by atoms with Gasteiger partial charge in [0.25, 0.3) is 0 Å². The van der Waals surface area contributed by atoms with Gasteiger partial charge in [0.05, 0.1) is 0 Å². The topological polar surface area (TPSA) is 3.24 Å². The molecule has 1 heterocycles. The van der Waals surface area contributed by atoms with E-state index in [1.807, 2.05) is 36.4 Å². The second-order valence-electron chi connectivity index (χ2n) is 5.55. The Bertz CT molecular complexity index is 714. The van der Waals surface area contributed by atoms with Crippen LogP contribution in [0.3, 0.4) is 0 Å². The number of rotatable bonds is 2. The van der Waals surface area contributed by atoms with Gasteiger partial charge >= 0.3 is 0 Å². The van der Waals surface area contributed by atoms with Gasteiger partial charge in [-0.2, -0.15) is 0 Å². The summed E-state index contributed by atoms with van der Waals surface area (Å²) in [5.74, 6) is 0.0934. The van der Waals surface area contributed by atoms with Gasteiger partial charge < -0.3 is 4.90 Å². The van der Waals surface area contributed by atoms with Crippen LogP contribution in [-0.4, -0.2) is 0 Å². The quantitative estimate of drug-likeness (QED) is 0.719. The number of benzene rings is 2. The van der Waals surface area contributed by atoms with Crippen molar-refractivity contribution in [2.75, 3.05) is 4.90 Å². The number of hydrogen-bond acceptors (Lipinski definition) is 1. The molecule has 0 aromatic heterocycles. The minimum Gasteiger partial charge on any atom is -0.314 e. The zero-order valence-corrected chi connectivity index (χ0v) is 12.3. The van der Waals surface area contributed by atoms with Crippen molar-refractivity contribution in [3.63, 3.8) is 0 Å². The Morgan fingerprint density at radius 2 is 1.71 bits per heavy atom. The third kappa shape index (κ3) is 2.27. The molecule has 2 aromatic rings. The number of fused-ring (bicyclic) bond motifs is 1. The number of nitrogens with zero attached hydrogens (tertiary/aromatic N) is 1. The normalized spacial score (nSPS) is 14.2. The van der Waals surface area contributed by atoms with Gasteiger partial charge in [-0.3, -0.25) is 0 Å². The highest BCUT2D eigenvalue weighted by molar-refractivity contribution is 5.91. The van der Waals surface area contributed by atoms with Gasteiger partial charge in [-0.25, -0.2) is 4.39 Å². The number of para-hydroxylation sites is 1. The van der Waals surface area contributed by atoms with E-state index in [1.54, 1.807) is 6.07 Å². The molecule has 21 heavy (non-hydrogen) atoms. The van der Waals surface area contributed by atoms with Gasteiger partial charge in [0.1, 0.15) is 5.82 Å². The molecule has 0 unspecified atom stereocenters. The molecule has 0 saturated carbocycles. The Morgan fingerprint density at radius 1 is 1.00 bits per heavy atom. The number of anilines is 1. The summed E-state index contributed by atoms with van der Waals surface area (Å²) in [7, 11) is 0. The van der Waals surface area contributed by atoms with Crippen molar-refractivity contribution >= 4 is 17.5 Å². The van der Waals surface area contributed by atoms with Crippen LogP contribution in [0.4, 0.5) is 10.1 Å². The molecule has 0 N–H and O–H groups in total. The van der Waals surface area contributed by atoms with E-state index in [4.69, 9.17) is 0 Å². The van der Waals surface area contributed by atoms with Crippen LogP contribution in [0.2, 0.25) is 0 Å². The Morgan fingerprint density at radius 3 is 2.38 bits per heavy atom. The zero-order valence-electron chi connectivity index (χ0n) is 12.3. The Labute approximate surface area is 125 Å². The molecule has 0 aliphatic carbocycles. The fourth-order valence-electron chi connectivity index (χ4n) is 2.76. The first-order valence-corrected chi connectivity index (χ1v) is 7.14. The lowest BCUT2D eigenvalue weighted by atomic mass is 9.93. The smallest absolute Gasteiger partial charge is 0.133 e. The summed E-state index contributed by atoms with van der Waals surface area (Å²) in [5, 5.41) is 0. The summed E-state index contributed by atoms with van der Waals surface area (Å²) in [6.45, 7) is 8.43. The summed E-state index contributed by atoms with van der Waals surface area (Å²) in [5.41, 5.74) is 4.32. The SMILES string of the molecule is C=C1c2c(F)cccc2C=C(C(C)C)N1c1ccccc1. The molecule has 0 amide bonds. The molecule has 0 radical (unpaired) electrons. The predicted molar refractivity (Wildman–Crippen MR) is 87.2 cm³/mol. The summed E-state index contributed by atoms with van der Waals surface area (Å²) >= 11 is 0. The van der Waals surface area contributed by atoms with Crippen LogP contribution in [-0.2, 0) is 0 Å². The van der Waals surface area contributed by atoms with Gasteiger partial charge in [0, 0.05) is 22.6 Å². The van der Waals surface area contributed by atoms with E-state index in [2.05, 4.69) is 31.4 Å². The average molecular weight is 279 g/mol. The Kier molecular flexibility index (Phi) is 3.38. The second-order valence-corrected chi connectivity index (χ2v) is 5.55. The lowest BCUT2D eigenvalue weighted by Crippen LogP contribution is -2.27. The van der Waals surface area contributed by atoms with Gasteiger partial charge in [-0.15, -0.1) is 0 Å². The molecule has 0 saturated heterocycles. The Hall–Kier alpha value is -2.35. The molecule has 2 aromatic carbocycles. The molecule has 106 valence electrons. The number of hydrogen-bond donors (Lipinski definition) is 0. The molecule has 3 rings (SSSR count). The van der Waals surface area contributed by atoms with Crippen molar-refractivity contribution < 1.29 is 4.39 Å². The maximum absolute atomic E-state index is 14.2. The van der Waals surface area contributed by atoms with E-state index in [1.165, 1.54) is 6.07 Å². The summed E-state index contributed by atoms with van der Waals surface area (Å²) in [6, 6.07) is 15.2. The minimum atomic E-state index is -0.225. The van der Waals surface area contributed by atoms with E-state index < -0.39 is 0 Å². The molecular weight excluding hydrogens is 261 g/mol. The van der Waals surface area contributed by atoms with Crippen LogP contribution in [0.25, 0.3) is 11.8 Å². The predicted octanol–water partition coefficient (Wildman–Crippen LogP) is 5.31. The first-order valence-electron chi connectivity index (χ1n) is 7.14. The van der Waals surface area contributed by atoms with Crippen molar-refractivity contribution in [3.05, 3.63) is 77.8 Å². The van der Waals surface area contributed by atoms with E-state index in [0.29, 0.717) is 17.2 Å². The molecule has 1 aliphatic rings. The van der Waals surface area contributed by atoms with Gasteiger partial charge in [-0.1, -0.05) is 50.8 Å². The molecule has 1 aliphatic heterocycles. The van der Waals surface area contributed by atoms with E-state index in [0.717, 1.165) is 16.9 Å². The van der Waals surface area contributed by atoms with E-state index in [-0.39, 0.29) is 5.82 Å². The summed E-state index contributed by atoms with van der Waals surface area (Å²) in [4.78, 5) is 2.05. The summed E-state index contributed by atoms with van der Waals surface area (Å²) in [6.07, 6.45) is 2.06. The third-order valence-corrected chi connectivity index (χ3v) is 3.77. The van der Waals surface area contributed by atoms with Crippen LogP contribution in [0, 0.1) is 11.7 Å². The first-order chi connectivity index (χ1) is 10.1. The fraction of sp³-hybridized carbons (Fsp3) is 0.158. The zero-order chi connectivity index (χ0) is 15.0. The van der Waals surface area contributed by atoms with Crippen LogP contribution in [0.5, 0.6) is 0 Å². The van der Waals surface area contributed by atoms with Crippen LogP contribution in [0.15, 0.2) is 60.8 Å². The highest BCUT2D eigenvalue weighted by Gasteiger charge is 2.26. The van der Waals surface area contributed by atoms with Crippen molar-refractivity contribution in [2.24, 2.45) is 5.92 Å². The molecule has 0 fully saturated rings. The molecule has 0 spiro atoms. The molecule has 2 heteroatoms. The number of halogens is 1. The lowest BCUT2D eigenvalue weighted by molar-refractivity contribution is 0.621. The van der Waals surface area contributed by atoms with Crippen molar-refractivity contribution in [1.82, 2.24) is 0 Å². The largest absolute Gasteiger partial charge is 0.314 e. The van der Waals surface area contributed by atoms with Crippen molar-refractivity contribution in [2.45, 2.75) is 13.8 Å². The molecular formula is C19H18FN. The maximum Gasteiger partial charge on any atom is 0.133 e. The van der Waals surface area contributed by atoms with Gasteiger partial charge in [-0.05, 0) is 35.8 Å². The third-order valence-electron chi connectivity index (χ3n) is 3.77. The van der Waals surface area contributed by atoms with E-state index >= 15 is 0 Å². The first kappa shape index (κ1) is 13.6. The molecule has 0 bridgehead atoms. The maximum atomic E-state index is 14.2. The van der Waals surface area contributed by atoms with Crippen LogP contribution >= 0.6 is 0 Å².